The number of benzene rings is 2. The van der Waals surface area contributed by atoms with Crippen molar-refractivity contribution in [2.24, 2.45) is 5.84 Å². The van der Waals surface area contributed by atoms with Crippen molar-refractivity contribution < 1.29 is 4.74 Å². The molecular weight excluding hydrogens is 310 g/mol. The molecule has 0 spiro atoms. The number of hydrogen-bond donors (Lipinski definition) is 1. The van der Waals surface area contributed by atoms with E-state index in [2.05, 4.69) is 53.4 Å². The van der Waals surface area contributed by atoms with Crippen LogP contribution in [0.1, 0.15) is 23.5 Å². The molecule has 132 valence electrons. The van der Waals surface area contributed by atoms with E-state index in [9.17, 15) is 0 Å². The Balaban J connectivity index is 1.37. The van der Waals surface area contributed by atoms with Crippen molar-refractivity contribution in [1.82, 2.24) is 9.91 Å². The maximum Gasteiger partial charge on any atom is 0.0594 e. The molecule has 1 fully saturated rings. The average molecular weight is 337 g/mol. The van der Waals surface area contributed by atoms with Gasteiger partial charge in [-0.25, -0.2) is 5.01 Å². The van der Waals surface area contributed by atoms with Crippen molar-refractivity contribution in [2.45, 2.75) is 12.3 Å². The van der Waals surface area contributed by atoms with Gasteiger partial charge in [-0.1, -0.05) is 48.5 Å². The molecule has 4 rings (SSSR count). The van der Waals surface area contributed by atoms with Gasteiger partial charge in [0.2, 0.25) is 0 Å². The highest BCUT2D eigenvalue weighted by Gasteiger charge is 2.27. The number of nitrogens with two attached hydrogens (primary N) is 1. The fraction of sp³-hybridized carbons (Fsp3) is 0.429. The van der Waals surface area contributed by atoms with Crippen molar-refractivity contribution in [1.29, 1.82) is 0 Å². The van der Waals surface area contributed by atoms with Crippen LogP contribution in [0.5, 0.6) is 0 Å². The van der Waals surface area contributed by atoms with Crippen LogP contribution in [0, 0.1) is 0 Å². The summed E-state index contributed by atoms with van der Waals surface area (Å²) in [5, 5.41) is 1.99. The molecule has 4 nitrogen and oxygen atoms in total. The van der Waals surface area contributed by atoms with Gasteiger partial charge in [0.05, 0.1) is 13.2 Å². The van der Waals surface area contributed by atoms with Crippen LogP contribution >= 0.6 is 0 Å². The van der Waals surface area contributed by atoms with Crippen LogP contribution in [0.3, 0.4) is 0 Å². The zero-order valence-corrected chi connectivity index (χ0v) is 14.7. The number of hydrogen-bond acceptors (Lipinski definition) is 4. The van der Waals surface area contributed by atoms with E-state index in [1.165, 1.54) is 22.3 Å². The molecule has 2 aromatic carbocycles. The standard InChI is InChI=1S/C21H27N3O/c22-24(12-11-23-13-15-25-16-14-23)10-9-21-19-7-3-1-5-17(19)18-6-2-4-8-20(18)21/h1-8,21H,9-16,22H2. The SMILES string of the molecule is NN(CCC1c2ccccc2-c2ccccc21)CCN1CCOCC1. The molecule has 1 aliphatic heterocycles. The molecule has 0 atom stereocenters. The summed E-state index contributed by atoms with van der Waals surface area (Å²) in [6.45, 7) is 6.60. The van der Waals surface area contributed by atoms with Gasteiger partial charge in [0.25, 0.3) is 0 Å². The van der Waals surface area contributed by atoms with Gasteiger partial charge >= 0.3 is 0 Å². The highest BCUT2D eigenvalue weighted by molar-refractivity contribution is 5.78. The summed E-state index contributed by atoms with van der Waals surface area (Å²) in [7, 11) is 0. The number of morpholine rings is 1. The maximum absolute atomic E-state index is 6.28. The third kappa shape index (κ3) is 3.62. The molecule has 2 aromatic rings. The van der Waals surface area contributed by atoms with E-state index in [1.807, 2.05) is 5.01 Å². The highest BCUT2D eigenvalue weighted by atomic mass is 16.5. The van der Waals surface area contributed by atoms with E-state index in [0.717, 1.165) is 52.4 Å². The van der Waals surface area contributed by atoms with E-state index in [-0.39, 0.29) is 0 Å². The Kier molecular flexibility index (Phi) is 5.13. The Morgan fingerprint density at radius 1 is 0.920 bits per heavy atom. The highest BCUT2D eigenvalue weighted by Crippen LogP contribution is 2.45. The van der Waals surface area contributed by atoms with Gasteiger partial charge in [0, 0.05) is 38.6 Å². The van der Waals surface area contributed by atoms with E-state index in [1.54, 1.807) is 0 Å². The second kappa shape index (κ2) is 7.67. The van der Waals surface area contributed by atoms with E-state index < -0.39 is 0 Å². The van der Waals surface area contributed by atoms with Crippen molar-refractivity contribution in [3.63, 3.8) is 0 Å². The minimum absolute atomic E-state index is 0.460. The number of rotatable bonds is 6. The summed E-state index contributed by atoms with van der Waals surface area (Å²) < 4.78 is 5.40. The van der Waals surface area contributed by atoms with E-state index >= 15 is 0 Å². The first kappa shape index (κ1) is 16.7. The quantitative estimate of drug-likeness (QED) is 0.650. The van der Waals surface area contributed by atoms with Crippen LogP contribution in [-0.4, -0.2) is 55.8 Å². The van der Waals surface area contributed by atoms with Gasteiger partial charge in [-0.15, -0.1) is 0 Å². The Labute approximate surface area is 150 Å². The molecule has 1 saturated heterocycles. The van der Waals surface area contributed by atoms with Gasteiger partial charge in [-0.2, -0.15) is 0 Å². The fourth-order valence-corrected chi connectivity index (χ4v) is 4.07. The van der Waals surface area contributed by atoms with Crippen molar-refractivity contribution in [3.05, 3.63) is 59.7 Å². The predicted molar refractivity (Wildman–Crippen MR) is 101 cm³/mol. The van der Waals surface area contributed by atoms with Crippen LogP contribution in [0.4, 0.5) is 0 Å². The lowest BCUT2D eigenvalue weighted by atomic mass is 9.93. The molecule has 2 aliphatic rings. The second-order valence-electron chi connectivity index (χ2n) is 7.01. The van der Waals surface area contributed by atoms with Gasteiger partial charge in [0.1, 0.15) is 0 Å². The summed E-state index contributed by atoms with van der Waals surface area (Å²) in [6, 6.07) is 17.6. The average Bonchev–Trinajstić information content (AvgIpc) is 2.99. The molecular formula is C21H27N3O. The molecule has 0 unspecified atom stereocenters. The van der Waals surface area contributed by atoms with Crippen LogP contribution in [0.2, 0.25) is 0 Å². The Morgan fingerprint density at radius 3 is 2.16 bits per heavy atom. The normalized spacial score (nSPS) is 17.7. The maximum atomic E-state index is 6.28. The first-order valence-corrected chi connectivity index (χ1v) is 9.31. The lowest BCUT2D eigenvalue weighted by molar-refractivity contribution is 0.0332. The van der Waals surface area contributed by atoms with Crippen LogP contribution in [0.25, 0.3) is 11.1 Å². The summed E-state index contributed by atoms with van der Waals surface area (Å²) in [5.74, 6) is 6.74. The number of ether oxygens (including phenoxy) is 1. The molecule has 0 aromatic heterocycles. The fourth-order valence-electron chi connectivity index (χ4n) is 4.07. The number of hydrazine groups is 1. The number of fused-ring (bicyclic) bond motifs is 3. The first-order valence-electron chi connectivity index (χ1n) is 9.31. The molecule has 2 N–H and O–H groups in total. The van der Waals surface area contributed by atoms with Gasteiger partial charge < -0.3 is 4.74 Å². The first-order chi connectivity index (χ1) is 12.3. The van der Waals surface area contributed by atoms with Gasteiger partial charge in [-0.3, -0.25) is 10.7 Å². The summed E-state index contributed by atoms with van der Waals surface area (Å²) in [4.78, 5) is 2.43. The molecule has 0 amide bonds. The van der Waals surface area contributed by atoms with Crippen molar-refractivity contribution in [2.75, 3.05) is 45.9 Å². The minimum Gasteiger partial charge on any atom is -0.379 e. The van der Waals surface area contributed by atoms with Crippen molar-refractivity contribution >= 4 is 0 Å². The smallest absolute Gasteiger partial charge is 0.0594 e. The van der Waals surface area contributed by atoms with Crippen LogP contribution in [-0.2, 0) is 4.74 Å². The minimum atomic E-state index is 0.460. The Morgan fingerprint density at radius 2 is 1.52 bits per heavy atom. The lowest BCUT2D eigenvalue weighted by Crippen LogP contribution is -2.43. The summed E-state index contributed by atoms with van der Waals surface area (Å²) in [6.07, 6.45) is 1.06. The largest absolute Gasteiger partial charge is 0.379 e. The summed E-state index contributed by atoms with van der Waals surface area (Å²) >= 11 is 0. The Hall–Kier alpha value is -1.72. The third-order valence-electron chi connectivity index (χ3n) is 5.47. The van der Waals surface area contributed by atoms with Crippen LogP contribution < -0.4 is 5.84 Å². The molecule has 4 heteroatoms. The van der Waals surface area contributed by atoms with Crippen molar-refractivity contribution in [3.8, 4) is 11.1 Å². The number of nitrogens with zero attached hydrogens (tertiary/aromatic N) is 2. The third-order valence-corrected chi connectivity index (χ3v) is 5.47. The molecule has 0 saturated carbocycles. The molecule has 1 aliphatic carbocycles. The molecule has 1 heterocycles. The molecule has 0 bridgehead atoms. The zero-order chi connectivity index (χ0) is 17.1. The Bertz CT molecular complexity index is 666. The molecule has 0 radical (unpaired) electrons. The zero-order valence-electron chi connectivity index (χ0n) is 14.7. The summed E-state index contributed by atoms with van der Waals surface area (Å²) in [5.41, 5.74) is 5.68. The monoisotopic (exact) mass is 337 g/mol. The van der Waals surface area contributed by atoms with E-state index in [4.69, 9.17) is 10.6 Å². The van der Waals surface area contributed by atoms with Gasteiger partial charge in [0.15, 0.2) is 0 Å². The molecule has 25 heavy (non-hydrogen) atoms. The van der Waals surface area contributed by atoms with Gasteiger partial charge in [-0.05, 0) is 28.7 Å². The predicted octanol–water partition coefficient (Wildman–Crippen LogP) is 2.70. The van der Waals surface area contributed by atoms with E-state index in [0.29, 0.717) is 5.92 Å². The van der Waals surface area contributed by atoms with Crippen LogP contribution in [0.15, 0.2) is 48.5 Å². The second-order valence-corrected chi connectivity index (χ2v) is 7.01. The topological polar surface area (TPSA) is 41.7 Å². The lowest BCUT2D eigenvalue weighted by Gasteiger charge is -2.28.